The van der Waals surface area contributed by atoms with Crippen LogP contribution in [0, 0.1) is 0 Å². The predicted molar refractivity (Wildman–Crippen MR) is 78.2 cm³/mol. The molecule has 0 aromatic rings. The molecule has 0 spiro atoms. The lowest BCUT2D eigenvalue weighted by Gasteiger charge is -2.35. The van der Waals surface area contributed by atoms with Crippen LogP contribution >= 0.6 is 0 Å². The Morgan fingerprint density at radius 2 is 2.21 bits per heavy atom. The highest BCUT2D eigenvalue weighted by Crippen LogP contribution is 2.18. The van der Waals surface area contributed by atoms with Crippen molar-refractivity contribution in [3.63, 3.8) is 0 Å². The van der Waals surface area contributed by atoms with E-state index in [2.05, 4.69) is 22.5 Å². The third kappa shape index (κ3) is 4.77. The van der Waals surface area contributed by atoms with Gasteiger partial charge in [0, 0.05) is 31.6 Å². The zero-order valence-corrected chi connectivity index (χ0v) is 12.3. The van der Waals surface area contributed by atoms with Crippen LogP contribution < -0.4 is 10.6 Å². The monoisotopic (exact) mass is 267 g/mol. The van der Waals surface area contributed by atoms with E-state index in [-0.39, 0.29) is 5.91 Å². The zero-order chi connectivity index (χ0) is 13.5. The smallest absolute Gasteiger partial charge is 0.221 e. The molecular weight excluding hydrogens is 238 g/mol. The summed E-state index contributed by atoms with van der Waals surface area (Å²) in [4.78, 5) is 14.4. The van der Waals surface area contributed by atoms with Crippen LogP contribution in [-0.2, 0) is 4.79 Å². The highest BCUT2D eigenvalue weighted by molar-refractivity contribution is 5.76. The predicted octanol–water partition coefficient (Wildman–Crippen LogP) is 1.51. The Labute approximate surface area is 117 Å². The van der Waals surface area contributed by atoms with Crippen molar-refractivity contribution in [2.45, 2.75) is 64.0 Å². The van der Waals surface area contributed by atoms with Crippen molar-refractivity contribution in [2.75, 3.05) is 26.2 Å². The van der Waals surface area contributed by atoms with Crippen molar-refractivity contribution in [3.8, 4) is 0 Å². The van der Waals surface area contributed by atoms with Gasteiger partial charge in [0.2, 0.25) is 5.91 Å². The van der Waals surface area contributed by atoms with Crippen molar-refractivity contribution >= 4 is 5.91 Å². The molecule has 0 aromatic heterocycles. The lowest BCUT2D eigenvalue weighted by molar-refractivity contribution is -0.121. The largest absolute Gasteiger partial charge is 0.355 e. The highest BCUT2D eigenvalue weighted by Gasteiger charge is 2.21. The Morgan fingerprint density at radius 3 is 2.95 bits per heavy atom. The van der Waals surface area contributed by atoms with Crippen molar-refractivity contribution < 1.29 is 4.79 Å². The molecule has 2 aliphatic rings. The number of nitrogens with zero attached hydrogens (tertiary/aromatic N) is 1. The minimum atomic E-state index is 0.212. The first kappa shape index (κ1) is 14.8. The molecule has 2 unspecified atom stereocenters. The van der Waals surface area contributed by atoms with Gasteiger partial charge < -0.3 is 10.6 Å². The zero-order valence-electron chi connectivity index (χ0n) is 12.3. The van der Waals surface area contributed by atoms with Gasteiger partial charge in [0.25, 0.3) is 0 Å². The maximum absolute atomic E-state index is 11.8. The van der Waals surface area contributed by atoms with Gasteiger partial charge >= 0.3 is 0 Å². The van der Waals surface area contributed by atoms with Crippen LogP contribution in [0.15, 0.2) is 0 Å². The van der Waals surface area contributed by atoms with Crippen molar-refractivity contribution in [3.05, 3.63) is 0 Å². The summed E-state index contributed by atoms with van der Waals surface area (Å²) in [6, 6.07) is 1.15. The average molecular weight is 267 g/mol. The summed E-state index contributed by atoms with van der Waals surface area (Å²) in [6.07, 6.45) is 8.26. The van der Waals surface area contributed by atoms with Crippen molar-refractivity contribution in [1.82, 2.24) is 15.5 Å². The number of carbonyl (C=O) groups is 1. The number of piperidine rings is 1. The molecule has 4 heteroatoms. The van der Waals surface area contributed by atoms with E-state index in [1.54, 1.807) is 0 Å². The lowest BCUT2D eigenvalue weighted by atomic mass is 10.0. The Bertz CT molecular complexity index is 277. The van der Waals surface area contributed by atoms with Crippen molar-refractivity contribution in [1.29, 1.82) is 0 Å². The van der Waals surface area contributed by atoms with Gasteiger partial charge in [-0.15, -0.1) is 0 Å². The van der Waals surface area contributed by atoms with Gasteiger partial charge in [-0.05, 0) is 45.2 Å². The molecule has 2 atom stereocenters. The molecule has 2 fully saturated rings. The number of hydrogen-bond donors (Lipinski definition) is 2. The number of hydrogen-bond acceptors (Lipinski definition) is 3. The minimum Gasteiger partial charge on any atom is -0.355 e. The van der Waals surface area contributed by atoms with Gasteiger partial charge in [0.05, 0.1) is 0 Å². The SMILES string of the molecule is CCC1CCCCN1CCNC(=O)CC1CCCN1. The van der Waals surface area contributed by atoms with E-state index in [1.807, 2.05) is 0 Å². The second kappa shape index (κ2) is 7.85. The number of carbonyl (C=O) groups excluding carboxylic acids is 1. The fourth-order valence-electron chi connectivity index (χ4n) is 3.38. The first-order chi connectivity index (χ1) is 9.29. The van der Waals surface area contributed by atoms with Crippen LogP contribution in [0.25, 0.3) is 0 Å². The van der Waals surface area contributed by atoms with Gasteiger partial charge in [0.15, 0.2) is 0 Å². The van der Waals surface area contributed by atoms with Gasteiger partial charge in [0.1, 0.15) is 0 Å². The van der Waals surface area contributed by atoms with Crippen LogP contribution in [0.2, 0.25) is 0 Å². The molecule has 0 radical (unpaired) electrons. The standard InChI is InChI=1S/C15H29N3O/c1-2-14-7-3-4-10-18(14)11-9-17-15(19)12-13-6-5-8-16-13/h13-14,16H,2-12H2,1H3,(H,17,19). The molecule has 1 amide bonds. The fraction of sp³-hybridized carbons (Fsp3) is 0.933. The molecule has 2 saturated heterocycles. The summed E-state index contributed by atoms with van der Waals surface area (Å²) < 4.78 is 0. The van der Waals surface area contributed by atoms with Crippen LogP contribution in [0.4, 0.5) is 0 Å². The third-order valence-electron chi connectivity index (χ3n) is 4.54. The van der Waals surface area contributed by atoms with E-state index in [0.717, 1.165) is 32.1 Å². The molecular formula is C15H29N3O. The molecule has 110 valence electrons. The lowest BCUT2D eigenvalue weighted by Crippen LogP contribution is -2.44. The van der Waals surface area contributed by atoms with Crippen LogP contribution in [0.5, 0.6) is 0 Å². The quantitative estimate of drug-likeness (QED) is 0.767. The van der Waals surface area contributed by atoms with E-state index < -0.39 is 0 Å². The summed E-state index contributed by atoms with van der Waals surface area (Å²) in [5.41, 5.74) is 0. The van der Waals surface area contributed by atoms with Gasteiger partial charge in [-0.3, -0.25) is 9.69 Å². The number of amides is 1. The molecule has 0 saturated carbocycles. The first-order valence-corrected chi connectivity index (χ1v) is 8.03. The van der Waals surface area contributed by atoms with Gasteiger partial charge in [-0.1, -0.05) is 13.3 Å². The molecule has 4 nitrogen and oxygen atoms in total. The van der Waals surface area contributed by atoms with E-state index in [4.69, 9.17) is 0 Å². The second-order valence-electron chi connectivity index (χ2n) is 5.94. The number of likely N-dealkylation sites (tertiary alicyclic amines) is 1. The molecule has 0 aromatic carbocycles. The Morgan fingerprint density at radius 1 is 1.32 bits per heavy atom. The summed E-state index contributed by atoms with van der Waals surface area (Å²) in [7, 11) is 0. The Hall–Kier alpha value is -0.610. The normalized spacial score (nSPS) is 28.5. The maximum Gasteiger partial charge on any atom is 0.221 e. The Balaban J connectivity index is 1.60. The molecule has 2 N–H and O–H groups in total. The van der Waals surface area contributed by atoms with Crippen molar-refractivity contribution in [2.24, 2.45) is 0 Å². The number of rotatable bonds is 6. The molecule has 2 aliphatic heterocycles. The third-order valence-corrected chi connectivity index (χ3v) is 4.54. The highest BCUT2D eigenvalue weighted by atomic mass is 16.1. The van der Waals surface area contributed by atoms with E-state index in [0.29, 0.717) is 12.5 Å². The fourth-order valence-corrected chi connectivity index (χ4v) is 3.38. The average Bonchev–Trinajstić information content (AvgIpc) is 2.92. The maximum atomic E-state index is 11.8. The van der Waals surface area contributed by atoms with Gasteiger partial charge in [-0.25, -0.2) is 0 Å². The minimum absolute atomic E-state index is 0.212. The van der Waals surface area contributed by atoms with Crippen LogP contribution in [-0.4, -0.2) is 49.1 Å². The molecule has 2 rings (SSSR count). The molecule has 0 bridgehead atoms. The topological polar surface area (TPSA) is 44.4 Å². The molecule has 0 aliphatic carbocycles. The van der Waals surface area contributed by atoms with E-state index >= 15 is 0 Å². The second-order valence-corrected chi connectivity index (χ2v) is 5.94. The summed E-state index contributed by atoms with van der Waals surface area (Å²) in [5.74, 6) is 0.212. The van der Waals surface area contributed by atoms with E-state index in [9.17, 15) is 4.79 Å². The first-order valence-electron chi connectivity index (χ1n) is 8.03. The summed E-state index contributed by atoms with van der Waals surface area (Å²) in [5, 5.41) is 6.45. The molecule has 2 heterocycles. The van der Waals surface area contributed by atoms with E-state index in [1.165, 1.54) is 38.6 Å². The van der Waals surface area contributed by atoms with Gasteiger partial charge in [-0.2, -0.15) is 0 Å². The van der Waals surface area contributed by atoms with Crippen LogP contribution in [0.3, 0.4) is 0 Å². The van der Waals surface area contributed by atoms with Crippen LogP contribution in [0.1, 0.15) is 51.9 Å². The molecule has 19 heavy (non-hydrogen) atoms. The Kier molecular flexibility index (Phi) is 6.11. The summed E-state index contributed by atoms with van der Waals surface area (Å²) in [6.45, 7) is 6.38. The number of nitrogens with one attached hydrogen (secondary N) is 2. The summed E-state index contributed by atoms with van der Waals surface area (Å²) >= 11 is 0.